The maximum absolute atomic E-state index is 12.5. The number of carbonyl (C=O) groups is 1. The first-order chi connectivity index (χ1) is 10.4. The molecule has 0 saturated carbocycles. The Kier molecular flexibility index (Phi) is 4.88. The van der Waals surface area contributed by atoms with Crippen molar-refractivity contribution < 1.29 is 9.53 Å². The third-order valence-corrected chi connectivity index (χ3v) is 4.47. The zero-order valence-electron chi connectivity index (χ0n) is 14.2. The van der Waals surface area contributed by atoms with E-state index >= 15 is 0 Å². The Balaban J connectivity index is 2.29. The molecule has 22 heavy (non-hydrogen) atoms. The number of aromatic nitrogens is 2. The molecule has 0 aliphatic carbocycles. The van der Waals surface area contributed by atoms with Gasteiger partial charge >= 0.3 is 5.97 Å². The zero-order valence-corrected chi connectivity index (χ0v) is 14.2. The van der Waals surface area contributed by atoms with Crippen LogP contribution in [0.1, 0.15) is 27.2 Å². The number of esters is 1. The minimum atomic E-state index is -0.461. The number of nitrogens with zero attached hydrogens (tertiary/aromatic N) is 4. The van der Waals surface area contributed by atoms with E-state index < -0.39 is 5.41 Å². The lowest BCUT2D eigenvalue weighted by Gasteiger charge is -2.31. The summed E-state index contributed by atoms with van der Waals surface area (Å²) in [5.74, 6) is 1.78. The summed E-state index contributed by atoms with van der Waals surface area (Å²) >= 11 is 0. The molecule has 0 N–H and O–H groups in total. The predicted octanol–water partition coefficient (Wildman–Crippen LogP) is 1.96. The highest BCUT2D eigenvalue weighted by Gasteiger charge is 2.49. The minimum Gasteiger partial charge on any atom is -0.466 e. The van der Waals surface area contributed by atoms with Crippen molar-refractivity contribution in [3.63, 3.8) is 0 Å². The molecule has 0 spiro atoms. The van der Waals surface area contributed by atoms with Gasteiger partial charge in [-0.3, -0.25) is 4.79 Å². The quantitative estimate of drug-likeness (QED) is 0.775. The second kappa shape index (κ2) is 6.50. The van der Waals surface area contributed by atoms with Crippen molar-refractivity contribution in [2.24, 2.45) is 11.3 Å². The minimum absolute atomic E-state index is 0.0946. The molecule has 1 unspecified atom stereocenters. The van der Waals surface area contributed by atoms with E-state index in [0.717, 1.165) is 24.6 Å². The molecule has 0 amide bonds. The summed E-state index contributed by atoms with van der Waals surface area (Å²) in [4.78, 5) is 25.5. The Hall–Kier alpha value is -1.85. The summed E-state index contributed by atoms with van der Waals surface area (Å²) in [6, 6.07) is 0. The molecule has 0 radical (unpaired) electrons. The average molecular weight is 306 g/mol. The van der Waals surface area contributed by atoms with Gasteiger partial charge in [0.15, 0.2) is 11.6 Å². The van der Waals surface area contributed by atoms with E-state index in [9.17, 15) is 4.79 Å². The largest absolute Gasteiger partial charge is 0.466 e. The summed E-state index contributed by atoms with van der Waals surface area (Å²) in [5.41, 5.74) is -0.461. The van der Waals surface area contributed by atoms with Crippen molar-refractivity contribution in [2.75, 3.05) is 43.6 Å². The number of anilines is 2. The summed E-state index contributed by atoms with van der Waals surface area (Å²) in [6.45, 7) is 7.86. The van der Waals surface area contributed by atoms with Crippen molar-refractivity contribution in [3.8, 4) is 0 Å². The van der Waals surface area contributed by atoms with Crippen LogP contribution >= 0.6 is 0 Å². The topological polar surface area (TPSA) is 58.6 Å². The van der Waals surface area contributed by atoms with Gasteiger partial charge in [-0.25, -0.2) is 9.97 Å². The maximum Gasteiger partial charge on any atom is 0.314 e. The molecule has 0 aromatic carbocycles. The van der Waals surface area contributed by atoms with Crippen LogP contribution in [0.4, 0.5) is 11.6 Å². The molecule has 1 aromatic rings. The van der Waals surface area contributed by atoms with E-state index in [4.69, 9.17) is 4.74 Å². The second-order valence-electron chi connectivity index (χ2n) is 6.30. The molecule has 1 aliphatic heterocycles. The Labute approximate surface area is 132 Å². The van der Waals surface area contributed by atoms with E-state index in [1.165, 1.54) is 0 Å². The lowest BCUT2D eigenvalue weighted by atomic mass is 9.76. The first kappa shape index (κ1) is 16.5. The number of hydrogen-bond donors (Lipinski definition) is 0. The number of ether oxygens (including phenoxy) is 1. The van der Waals surface area contributed by atoms with Crippen molar-refractivity contribution >= 4 is 17.6 Å². The number of hydrogen-bond acceptors (Lipinski definition) is 6. The lowest BCUT2D eigenvalue weighted by Crippen LogP contribution is -2.41. The third kappa shape index (κ3) is 2.87. The predicted molar refractivity (Wildman–Crippen MR) is 87.1 cm³/mol. The zero-order chi connectivity index (χ0) is 16.3. The molecule has 6 heteroatoms. The van der Waals surface area contributed by atoms with Crippen LogP contribution in [-0.2, 0) is 9.53 Å². The highest BCUT2D eigenvalue weighted by Crippen LogP contribution is 2.41. The number of rotatable bonds is 5. The Morgan fingerprint density at radius 1 is 1.41 bits per heavy atom. The molecule has 6 nitrogen and oxygen atoms in total. The van der Waals surface area contributed by atoms with Crippen LogP contribution in [0.25, 0.3) is 0 Å². The number of carbonyl (C=O) groups excluding carboxylic acids is 1. The van der Waals surface area contributed by atoms with Gasteiger partial charge in [0.1, 0.15) is 0 Å². The van der Waals surface area contributed by atoms with Crippen molar-refractivity contribution in [2.45, 2.75) is 27.2 Å². The van der Waals surface area contributed by atoms with Gasteiger partial charge in [0.2, 0.25) is 0 Å². The van der Waals surface area contributed by atoms with Crippen molar-refractivity contribution in [3.05, 3.63) is 12.4 Å². The van der Waals surface area contributed by atoms with E-state index in [2.05, 4.69) is 28.7 Å². The Morgan fingerprint density at radius 3 is 2.68 bits per heavy atom. The smallest absolute Gasteiger partial charge is 0.314 e. The standard InChI is InChI=1S/C16H26N4O2/c1-6-22-15(21)16(12(2)3)7-10-20(11-16)14-13(19(4)5)17-8-9-18-14/h8-9,12H,6-7,10-11H2,1-5H3. The van der Waals surface area contributed by atoms with Gasteiger partial charge in [-0.15, -0.1) is 0 Å². The van der Waals surface area contributed by atoms with Gasteiger partial charge in [0.25, 0.3) is 0 Å². The first-order valence-electron chi connectivity index (χ1n) is 7.83. The van der Waals surface area contributed by atoms with Gasteiger partial charge in [0, 0.05) is 39.6 Å². The van der Waals surface area contributed by atoms with Crippen molar-refractivity contribution in [1.29, 1.82) is 0 Å². The molecular formula is C16H26N4O2. The summed E-state index contributed by atoms with van der Waals surface area (Å²) in [6.07, 6.45) is 4.17. The van der Waals surface area contributed by atoms with Gasteiger partial charge in [-0.1, -0.05) is 13.8 Å². The Morgan fingerprint density at radius 2 is 2.09 bits per heavy atom. The fraction of sp³-hybridized carbons (Fsp3) is 0.688. The van der Waals surface area contributed by atoms with Gasteiger partial charge < -0.3 is 14.5 Å². The van der Waals surface area contributed by atoms with Crippen LogP contribution < -0.4 is 9.80 Å². The van der Waals surface area contributed by atoms with E-state index in [-0.39, 0.29) is 11.9 Å². The van der Waals surface area contributed by atoms with E-state index in [1.807, 2.05) is 25.9 Å². The molecule has 1 aromatic heterocycles. The fourth-order valence-electron chi connectivity index (χ4n) is 3.02. The molecule has 1 aliphatic rings. The Bertz CT molecular complexity index is 533. The van der Waals surface area contributed by atoms with Crippen LogP contribution in [-0.4, -0.2) is 49.7 Å². The molecule has 1 fully saturated rings. The molecule has 0 bridgehead atoms. The molecule has 1 saturated heterocycles. The molecule has 2 rings (SSSR count). The maximum atomic E-state index is 12.5. The molecule has 2 heterocycles. The monoisotopic (exact) mass is 306 g/mol. The summed E-state index contributed by atoms with van der Waals surface area (Å²) < 4.78 is 5.34. The second-order valence-corrected chi connectivity index (χ2v) is 6.30. The summed E-state index contributed by atoms with van der Waals surface area (Å²) in [7, 11) is 3.90. The highest BCUT2D eigenvalue weighted by molar-refractivity contribution is 5.79. The molecule has 122 valence electrons. The molecular weight excluding hydrogens is 280 g/mol. The van der Waals surface area contributed by atoms with Crippen molar-refractivity contribution in [1.82, 2.24) is 9.97 Å². The third-order valence-electron chi connectivity index (χ3n) is 4.47. The normalized spacial score (nSPS) is 21.3. The van der Waals surface area contributed by atoms with Crippen LogP contribution in [0.15, 0.2) is 12.4 Å². The molecule has 1 atom stereocenters. The van der Waals surface area contributed by atoms with Crippen LogP contribution in [0.5, 0.6) is 0 Å². The highest BCUT2D eigenvalue weighted by atomic mass is 16.5. The van der Waals surface area contributed by atoms with Crippen LogP contribution in [0.2, 0.25) is 0 Å². The van der Waals surface area contributed by atoms with Crippen LogP contribution in [0.3, 0.4) is 0 Å². The first-order valence-corrected chi connectivity index (χ1v) is 7.83. The lowest BCUT2D eigenvalue weighted by molar-refractivity contribution is -0.156. The average Bonchev–Trinajstić information content (AvgIpc) is 2.94. The fourth-order valence-corrected chi connectivity index (χ4v) is 3.02. The SMILES string of the molecule is CCOC(=O)C1(C(C)C)CCN(c2nccnc2N(C)C)C1. The van der Waals surface area contributed by atoms with Crippen LogP contribution in [0, 0.1) is 11.3 Å². The van der Waals surface area contributed by atoms with Gasteiger partial charge in [-0.2, -0.15) is 0 Å². The van der Waals surface area contributed by atoms with E-state index in [0.29, 0.717) is 13.2 Å². The van der Waals surface area contributed by atoms with Gasteiger partial charge in [-0.05, 0) is 19.3 Å². The summed E-state index contributed by atoms with van der Waals surface area (Å²) in [5, 5.41) is 0. The van der Waals surface area contributed by atoms with E-state index in [1.54, 1.807) is 12.4 Å². The van der Waals surface area contributed by atoms with Gasteiger partial charge in [0.05, 0.1) is 12.0 Å².